The highest BCUT2D eigenvalue weighted by Gasteiger charge is 2.48. The van der Waals surface area contributed by atoms with Crippen LogP contribution in [-0.4, -0.2) is 28.9 Å². The summed E-state index contributed by atoms with van der Waals surface area (Å²) in [5.74, 6) is -2.19. The zero-order valence-corrected chi connectivity index (χ0v) is 11.5. The molecule has 0 radical (unpaired) electrons. The summed E-state index contributed by atoms with van der Waals surface area (Å²) in [6.45, 7) is 10.8. The summed E-state index contributed by atoms with van der Waals surface area (Å²) >= 11 is 0. The van der Waals surface area contributed by atoms with E-state index < -0.39 is 28.9 Å². The molecule has 5 heteroatoms. The van der Waals surface area contributed by atoms with E-state index in [0.717, 1.165) is 6.92 Å². The van der Waals surface area contributed by atoms with E-state index in [1.807, 2.05) is 0 Å². The second kappa shape index (κ2) is 5.80. The second-order valence-corrected chi connectivity index (χ2v) is 4.97. The summed E-state index contributed by atoms with van der Waals surface area (Å²) < 4.78 is 10.0. The number of hydrogen-bond acceptors (Lipinski definition) is 5. The predicted octanol–water partition coefficient (Wildman–Crippen LogP) is 1.80. The lowest BCUT2D eigenvalue weighted by atomic mass is 9.94. The normalized spacial score (nSPS) is 14.3. The molecule has 0 aromatic heterocycles. The van der Waals surface area contributed by atoms with Gasteiger partial charge in [0.15, 0.2) is 5.78 Å². The van der Waals surface area contributed by atoms with Crippen LogP contribution in [0.25, 0.3) is 0 Å². The molecule has 0 bridgehead atoms. The van der Waals surface area contributed by atoms with E-state index in [1.54, 1.807) is 20.8 Å². The summed E-state index contributed by atoms with van der Waals surface area (Å²) in [6.07, 6.45) is 1.23. The van der Waals surface area contributed by atoms with Crippen LogP contribution < -0.4 is 0 Å². The summed E-state index contributed by atoms with van der Waals surface area (Å²) in [5.41, 5.74) is -2.71. The standard InChI is InChI=1S/C13H20O5/c1-7-8-13(9(2)14,17-10(3)15)11(16)18-12(4,5)6/h7H,1,8H2,2-6H3. The second-order valence-electron chi connectivity index (χ2n) is 4.97. The zero-order valence-electron chi connectivity index (χ0n) is 11.5. The fraction of sp³-hybridized carbons (Fsp3) is 0.615. The van der Waals surface area contributed by atoms with Crippen LogP contribution in [0, 0.1) is 0 Å². The minimum atomic E-state index is -1.93. The van der Waals surface area contributed by atoms with Crippen molar-refractivity contribution < 1.29 is 23.9 Å². The number of esters is 2. The molecule has 0 saturated carbocycles. The van der Waals surface area contributed by atoms with Crippen LogP contribution in [-0.2, 0) is 23.9 Å². The smallest absolute Gasteiger partial charge is 0.359 e. The molecule has 0 saturated heterocycles. The van der Waals surface area contributed by atoms with Crippen molar-refractivity contribution in [2.24, 2.45) is 0 Å². The first-order valence-corrected chi connectivity index (χ1v) is 5.60. The molecule has 0 aliphatic rings. The maximum absolute atomic E-state index is 12.1. The highest BCUT2D eigenvalue weighted by Crippen LogP contribution is 2.24. The van der Waals surface area contributed by atoms with Gasteiger partial charge in [0, 0.05) is 13.3 Å². The largest absolute Gasteiger partial charge is 0.457 e. The van der Waals surface area contributed by atoms with Crippen LogP contribution in [0.2, 0.25) is 0 Å². The Morgan fingerprint density at radius 1 is 1.11 bits per heavy atom. The first-order chi connectivity index (χ1) is 8.05. The SMILES string of the molecule is C=CCC(OC(C)=O)(C(C)=O)C(=O)OC(C)(C)C. The van der Waals surface area contributed by atoms with Crippen LogP contribution in [0.3, 0.4) is 0 Å². The van der Waals surface area contributed by atoms with Gasteiger partial charge in [-0.2, -0.15) is 0 Å². The average molecular weight is 256 g/mol. The van der Waals surface area contributed by atoms with Gasteiger partial charge in [0.25, 0.3) is 5.60 Å². The molecular formula is C13H20O5. The van der Waals surface area contributed by atoms with Crippen molar-refractivity contribution in [1.29, 1.82) is 0 Å². The summed E-state index contributed by atoms with van der Waals surface area (Å²) in [7, 11) is 0. The zero-order chi connectivity index (χ0) is 14.6. The van der Waals surface area contributed by atoms with Gasteiger partial charge in [-0.3, -0.25) is 9.59 Å². The Hall–Kier alpha value is -1.65. The number of hydrogen-bond donors (Lipinski definition) is 0. The maximum atomic E-state index is 12.1. The summed E-state index contributed by atoms with van der Waals surface area (Å²) in [6, 6.07) is 0. The third kappa shape index (κ3) is 4.31. The monoisotopic (exact) mass is 256 g/mol. The van der Waals surface area contributed by atoms with Gasteiger partial charge in [-0.05, 0) is 27.7 Å². The van der Waals surface area contributed by atoms with E-state index in [9.17, 15) is 14.4 Å². The van der Waals surface area contributed by atoms with Gasteiger partial charge in [0.05, 0.1) is 0 Å². The third-order valence-corrected chi connectivity index (χ3v) is 2.05. The first-order valence-electron chi connectivity index (χ1n) is 5.60. The van der Waals surface area contributed by atoms with Crippen LogP contribution in [0.4, 0.5) is 0 Å². The molecule has 0 rings (SSSR count). The van der Waals surface area contributed by atoms with E-state index in [1.165, 1.54) is 13.0 Å². The van der Waals surface area contributed by atoms with Crippen molar-refractivity contribution in [3.63, 3.8) is 0 Å². The van der Waals surface area contributed by atoms with Gasteiger partial charge >= 0.3 is 11.9 Å². The van der Waals surface area contributed by atoms with Gasteiger partial charge in [-0.1, -0.05) is 6.08 Å². The number of rotatable bonds is 5. The van der Waals surface area contributed by atoms with Crippen molar-refractivity contribution in [2.75, 3.05) is 0 Å². The van der Waals surface area contributed by atoms with Crippen molar-refractivity contribution in [3.05, 3.63) is 12.7 Å². The van der Waals surface area contributed by atoms with Crippen LogP contribution in [0.1, 0.15) is 41.0 Å². The average Bonchev–Trinajstić information content (AvgIpc) is 2.12. The van der Waals surface area contributed by atoms with Crippen LogP contribution >= 0.6 is 0 Å². The lowest BCUT2D eigenvalue weighted by Crippen LogP contribution is -2.51. The Balaban J connectivity index is 5.41. The Morgan fingerprint density at radius 3 is 1.89 bits per heavy atom. The molecule has 0 amide bonds. The molecule has 0 fully saturated rings. The van der Waals surface area contributed by atoms with Gasteiger partial charge in [-0.25, -0.2) is 4.79 Å². The van der Waals surface area contributed by atoms with E-state index >= 15 is 0 Å². The molecule has 1 atom stereocenters. The van der Waals surface area contributed by atoms with E-state index in [2.05, 4.69) is 6.58 Å². The Kier molecular flexibility index (Phi) is 5.27. The van der Waals surface area contributed by atoms with Crippen LogP contribution in [0.5, 0.6) is 0 Å². The molecule has 0 aromatic rings. The fourth-order valence-corrected chi connectivity index (χ4v) is 1.34. The number of ether oxygens (including phenoxy) is 2. The molecule has 0 spiro atoms. The summed E-state index contributed by atoms with van der Waals surface area (Å²) in [5, 5.41) is 0. The Morgan fingerprint density at radius 2 is 1.61 bits per heavy atom. The fourth-order valence-electron chi connectivity index (χ4n) is 1.34. The minimum Gasteiger partial charge on any atom is -0.457 e. The molecule has 0 aliphatic heterocycles. The lowest BCUT2D eigenvalue weighted by molar-refractivity contribution is -0.191. The van der Waals surface area contributed by atoms with Crippen LogP contribution in [0.15, 0.2) is 12.7 Å². The Bertz CT molecular complexity index is 364. The van der Waals surface area contributed by atoms with Crippen molar-refractivity contribution in [3.8, 4) is 0 Å². The highest BCUT2D eigenvalue weighted by atomic mass is 16.6. The third-order valence-electron chi connectivity index (χ3n) is 2.05. The number of ketones is 1. The molecule has 102 valence electrons. The first kappa shape index (κ1) is 16.4. The summed E-state index contributed by atoms with van der Waals surface area (Å²) in [4.78, 5) is 34.9. The maximum Gasteiger partial charge on any atom is 0.359 e. The predicted molar refractivity (Wildman–Crippen MR) is 65.8 cm³/mol. The molecule has 0 N–H and O–H groups in total. The van der Waals surface area contributed by atoms with Gasteiger partial charge in [-0.15, -0.1) is 6.58 Å². The van der Waals surface area contributed by atoms with Gasteiger partial charge < -0.3 is 9.47 Å². The van der Waals surface area contributed by atoms with E-state index in [-0.39, 0.29) is 6.42 Å². The van der Waals surface area contributed by atoms with Crippen molar-refractivity contribution in [2.45, 2.75) is 52.2 Å². The van der Waals surface area contributed by atoms with Crippen molar-refractivity contribution >= 4 is 17.7 Å². The number of carbonyl (C=O) groups excluding carboxylic acids is 3. The molecular weight excluding hydrogens is 236 g/mol. The van der Waals surface area contributed by atoms with Gasteiger partial charge in [0.1, 0.15) is 5.60 Å². The quantitative estimate of drug-likeness (QED) is 0.426. The molecule has 5 nitrogen and oxygen atoms in total. The molecule has 0 aromatic carbocycles. The highest BCUT2D eigenvalue weighted by molar-refractivity contribution is 6.07. The topological polar surface area (TPSA) is 69.7 Å². The molecule has 0 aliphatic carbocycles. The Labute approximate surface area is 107 Å². The van der Waals surface area contributed by atoms with E-state index in [0.29, 0.717) is 0 Å². The van der Waals surface area contributed by atoms with Crippen molar-refractivity contribution in [1.82, 2.24) is 0 Å². The van der Waals surface area contributed by atoms with E-state index in [4.69, 9.17) is 9.47 Å². The molecule has 0 heterocycles. The lowest BCUT2D eigenvalue weighted by Gasteiger charge is -2.31. The minimum absolute atomic E-state index is 0.114. The molecule has 1 unspecified atom stereocenters. The van der Waals surface area contributed by atoms with Gasteiger partial charge in [0.2, 0.25) is 0 Å². The number of Topliss-reactive ketones (excluding diaryl/α,β-unsaturated/α-hetero) is 1. The number of carbonyl (C=O) groups is 3. The molecule has 18 heavy (non-hydrogen) atoms.